The number of carbonyl (C=O) groups excluding carboxylic acids is 1. The molecule has 0 aliphatic carbocycles. The van der Waals surface area contributed by atoms with Crippen molar-refractivity contribution in [3.8, 4) is 0 Å². The van der Waals surface area contributed by atoms with Crippen molar-refractivity contribution in [1.82, 2.24) is 20.2 Å². The lowest BCUT2D eigenvalue weighted by Gasteiger charge is -2.17. The summed E-state index contributed by atoms with van der Waals surface area (Å²) in [7, 11) is 2.03. The van der Waals surface area contributed by atoms with Crippen molar-refractivity contribution >= 4 is 17.7 Å². The second-order valence-corrected chi connectivity index (χ2v) is 7.01. The quantitative estimate of drug-likeness (QED) is 0.518. The first-order valence-corrected chi connectivity index (χ1v) is 9.85. The van der Waals surface area contributed by atoms with E-state index in [0.29, 0.717) is 29.4 Å². The van der Waals surface area contributed by atoms with E-state index in [4.69, 9.17) is 0 Å². The normalized spacial score (nSPS) is 10.9. The summed E-state index contributed by atoms with van der Waals surface area (Å²) in [5.41, 5.74) is 2.36. The maximum absolute atomic E-state index is 12.1. The number of aromatic amines is 1. The number of hydrogen-bond donors (Lipinski definition) is 2. The highest BCUT2D eigenvalue weighted by Crippen LogP contribution is 2.09. The Morgan fingerprint density at radius 2 is 2.04 bits per heavy atom. The molecular weight excluding hydrogens is 348 g/mol. The highest BCUT2D eigenvalue weighted by Gasteiger charge is 2.10. The van der Waals surface area contributed by atoms with Gasteiger partial charge in [0.05, 0.1) is 0 Å². The Labute approximate surface area is 158 Å². The molecule has 0 aliphatic rings. The van der Waals surface area contributed by atoms with E-state index in [-0.39, 0.29) is 17.9 Å². The van der Waals surface area contributed by atoms with Gasteiger partial charge < -0.3 is 15.2 Å². The molecule has 0 fully saturated rings. The average molecular weight is 375 g/mol. The Bertz CT molecular complexity index is 777. The number of thioether (sulfide) groups is 1. The number of nitrogens with zero attached hydrogens (tertiary/aromatic N) is 2. The van der Waals surface area contributed by atoms with Gasteiger partial charge in [-0.1, -0.05) is 42.1 Å². The molecule has 0 radical (unpaired) electrons. The summed E-state index contributed by atoms with van der Waals surface area (Å²) in [5, 5.41) is 3.51. The molecule has 2 aromatic rings. The summed E-state index contributed by atoms with van der Waals surface area (Å²) in [6.07, 6.45) is 2.54. The molecule has 140 valence electrons. The van der Waals surface area contributed by atoms with Gasteiger partial charge in [-0.25, -0.2) is 4.98 Å². The minimum Gasteiger partial charge on any atom is -0.355 e. The number of aryl methyl sites for hydroxylation is 1. The van der Waals surface area contributed by atoms with Gasteiger partial charge in [-0.2, -0.15) is 0 Å². The highest BCUT2D eigenvalue weighted by atomic mass is 32.2. The fraction of sp³-hybridized carbons (Fsp3) is 0.421. The fourth-order valence-corrected chi connectivity index (χ4v) is 3.09. The number of benzene rings is 1. The molecule has 1 aromatic carbocycles. The van der Waals surface area contributed by atoms with E-state index in [1.165, 1.54) is 17.3 Å². The van der Waals surface area contributed by atoms with Gasteiger partial charge >= 0.3 is 0 Å². The second-order valence-electron chi connectivity index (χ2n) is 6.21. The number of hydrogen-bond acceptors (Lipinski definition) is 5. The number of amides is 1. The molecule has 1 aromatic heterocycles. The van der Waals surface area contributed by atoms with Crippen LogP contribution in [0, 0.1) is 6.92 Å². The molecule has 1 heterocycles. The number of rotatable bonds is 9. The van der Waals surface area contributed by atoms with E-state index in [1.807, 2.05) is 31.5 Å². The van der Waals surface area contributed by atoms with E-state index < -0.39 is 0 Å². The molecule has 0 bridgehead atoms. The summed E-state index contributed by atoms with van der Waals surface area (Å²) in [4.78, 5) is 33.3. The fourth-order valence-electron chi connectivity index (χ4n) is 2.66. The molecule has 0 saturated carbocycles. The largest absolute Gasteiger partial charge is 0.355 e. The molecule has 0 unspecified atom stereocenters. The van der Waals surface area contributed by atoms with E-state index in [2.05, 4.69) is 32.3 Å². The van der Waals surface area contributed by atoms with E-state index >= 15 is 0 Å². The number of aromatic nitrogens is 2. The lowest BCUT2D eigenvalue weighted by molar-refractivity contribution is -0.121. The molecule has 6 nitrogen and oxygen atoms in total. The maximum Gasteiger partial charge on any atom is 0.254 e. The molecule has 2 N–H and O–H groups in total. The van der Waals surface area contributed by atoms with Crippen molar-refractivity contribution in [2.75, 3.05) is 26.4 Å². The zero-order chi connectivity index (χ0) is 18.9. The summed E-state index contributed by atoms with van der Waals surface area (Å²) in [6, 6.07) is 10.2. The SMILES string of the molecule is CSc1nc(C)c(CCC(=O)NCCN(C)Cc2ccccc2)c(=O)[nH]1. The minimum atomic E-state index is -0.155. The Morgan fingerprint density at radius 3 is 2.69 bits per heavy atom. The zero-order valence-corrected chi connectivity index (χ0v) is 16.4. The topological polar surface area (TPSA) is 78.1 Å². The predicted octanol–water partition coefficient (Wildman–Crippen LogP) is 1.98. The second kappa shape index (κ2) is 10.1. The lowest BCUT2D eigenvalue weighted by atomic mass is 10.1. The van der Waals surface area contributed by atoms with Crippen molar-refractivity contribution in [2.24, 2.45) is 0 Å². The molecule has 7 heteroatoms. The summed E-state index contributed by atoms with van der Waals surface area (Å²) >= 11 is 1.39. The summed E-state index contributed by atoms with van der Waals surface area (Å²) in [5.74, 6) is -0.0501. The lowest BCUT2D eigenvalue weighted by Crippen LogP contribution is -2.33. The monoisotopic (exact) mass is 374 g/mol. The molecule has 26 heavy (non-hydrogen) atoms. The molecular formula is C19H26N4O2S. The van der Waals surface area contributed by atoms with Gasteiger partial charge in [-0.3, -0.25) is 9.59 Å². The van der Waals surface area contributed by atoms with Crippen LogP contribution in [0.5, 0.6) is 0 Å². The van der Waals surface area contributed by atoms with Crippen molar-refractivity contribution in [3.63, 3.8) is 0 Å². The van der Waals surface area contributed by atoms with Gasteiger partial charge in [-0.15, -0.1) is 0 Å². The number of nitrogens with one attached hydrogen (secondary N) is 2. The van der Waals surface area contributed by atoms with Gasteiger partial charge in [0.1, 0.15) is 0 Å². The maximum atomic E-state index is 12.1. The van der Waals surface area contributed by atoms with Gasteiger partial charge in [-0.05, 0) is 32.2 Å². The highest BCUT2D eigenvalue weighted by molar-refractivity contribution is 7.98. The number of carbonyl (C=O) groups is 1. The Morgan fingerprint density at radius 1 is 1.31 bits per heavy atom. The van der Waals surface area contributed by atoms with Crippen molar-refractivity contribution < 1.29 is 4.79 Å². The van der Waals surface area contributed by atoms with Gasteiger partial charge in [0.15, 0.2) is 5.16 Å². The molecule has 0 saturated heterocycles. The predicted molar refractivity (Wildman–Crippen MR) is 105 cm³/mol. The minimum absolute atomic E-state index is 0.0501. The van der Waals surface area contributed by atoms with Crippen molar-refractivity contribution in [1.29, 1.82) is 0 Å². The van der Waals surface area contributed by atoms with Crippen LogP contribution in [-0.4, -0.2) is 47.2 Å². The van der Waals surface area contributed by atoms with Crippen molar-refractivity contribution in [3.05, 3.63) is 57.5 Å². The third-order valence-electron chi connectivity index (χ3n) is 4.11. The van der Waals surface area contributed by atoms with E-state index in [1.54, 1.807) is 6.92 Å². The first-order chi connectivity index (χ1) is 12.5. The molecule has 0 spiro atoms. The van der Waals surface area contributed by atoms with E-state index in [9.17, 15) is 9.59 Å². The van der Waals surface area contributed by atoms with Gasteiger partial charge in [0.2, 0.25) is 5.91 Å². The standard InChI is InChI=1S/C19H26N4O2S/c1-14-16(18(25)22-19(21-14)26-3)9-10-17(24)20-11-12-23(2)13-15-7-5-4-6-8-15/h4-8H,9-13H2,1-3H3,(H,20,24)(H,21,22,25). The molecule has 2 rings (SSSR count). The molecule has 0 aliphatic heterocycles. The first-order valence-electron chi connectivity index (χ1n) is 8.62. The van der Waals surface area contributed by atoms with E-state index in [0.717, 1.165) is 13.1 Å². The van der Waals surface area contributed by atoms with Crippen LogP contribution in [0.15, 0.2) is 40.3 Å². The van der Waals surface area contributed by atoms with Crippen molar-refractivity contribution in [2.45, 2.75) is 31.5 Å². The van der Waals surface area contributed by atoms with Crippen LogP contribution in [0.4, 0.5) is 0 Å². The Hall–Kier alpha value is -2.12. The average Bonchev–Trinajstić information content (AvgIpc) is 2.61. The van der Waals surface area contributed by atoms with Crippen LogP contribution in [0.1, 0.15) is 23.2 Å². The Balaban J connectivity index is 1.73. The number of H-pyrrole nitrogens is 1. The zero-order valence-electron chi connectivity index (χ0n) is 15.5. The van der Waals surface area contributed by atoms with Gasteiger partial charge in [0.25, 0.3) is 5.56 Å². The van der Waals surface area contributed by atoms with Gasteiger partial charge in [0, 0.05) is 37.3 Å². The van der Waals surface area contributed by atoms with Crippen LogP contribution < -0.4 is 10.9 Å². The van der Waals surface area contributed by atoms with Crippen LogP contribution >= 0.6 is 11.8 Å². The smallest absolute Gasteiger partial charge is 0.254 e. The van der Waals surface area contributed by atoms with Crippen LogP contribution in [0.2, 0.25) is 0 Å². The summed E-state index contributed by atoms with van der Waals surface area (Å²) < 4.78 is 0. The number of likely N-dealkylation sites (N-methyl/N-ethyl adjacent to an activating group) is 1. The molecule has 1 amide bonds. The van der Waals surface area contributed by atoms with Crippen LogP contribution in [0.25, 0.3) is 0 Å². The molecule has 0 atom stereocenters. The Kier molecular flexibility index (Phi) is 7.87. The summed E-state index contributed by atoms with van der Waals surface area (Å²) in [6.45, 7) is 4.00. The first kappa shape index (κ1) is 20.2. The third-order valence-corrected chi connectivity index (χ3v) is 4.69. The third kappa shape index (κ3) is 6.31. The van der Waals surface area contributed by atoms with Crippen LogP contribution in [-0.2, 0) is 17.8 Å². The van der Waals surface area contributed by atoms with Crippen LogP contribution in [0.3, 0.4) is 0 Å².